The molecule has 0 fully saturated rings. The minimum Gasteiger partial charge on any atom is -0.361 e. The van der Waals surface area contributed by atoms with Crippen molar-refractivity contribution in [2.24, 2.45) is 0 Å². The lowest BCUT2D eigenvalue weighted by molar-refractivity contribution is 0.282. The first kappa shape index (κ1) is 12.2. The molecule has 0 atom stereocenters. The molecule has 1 heterocycles. The number of nitrogens with one attached hydrogen (secondary N) is 1. The molecule has 15 heavy (non-hydrogen) atoms. The number of aromatic nitrogens is 1. The zero-order valence-electron chi connectivity index (χ0n) is 10.1. The van der Waals surface area contributed by atoms with Gasteiger partial charge in [-0.1, -0.05) is 19.0 Å². The average molecular weight is 211 g/mol. The van der Waals surface area contributed by atoms with Crippen molar-refractivity contribution < 1.29 is 4.52 Å². The molecular weight excluding hydrogens is 190 g/mol. The Bertz CT molecular complexity index is 292. The largest absolute Gasteiger partial charge is 0.361 e. The van der Waals surface area contributed by atoms with E-state index in [1.807, 2.05) is 14.0 Å². The molecule has 4 heteroatoms. The van der Waals surface area contributed by atoms with Gasteiger partial charge < -0.3 is 9.84 Å². The number of rotatable bonds is 6. The molecule has 1 aromatic heterocycles. The topological polar surface area (TPSA) is 41.3 Å². The third-order valence-electron chi connectivity index (χ3n) is 2.69. The van der Waals surface area contributed by atoms with Gasteiger partial charge in [0.05, 0.1) is 0 Å². The molecule has 1 aromatic rings. The highest BCUT2D eigenvalue weighted by Gasteiger charge is 2.13. The van der Waals surface area contributed by atoms with Crippen molar-refractivity contribution in [3.8, 4) is 0 Å². The van der Waals surface area contributed by atoms with Crippen LogP contribution in [0.2, 0.25) is 0 Å². The molecular formula is C11H21N3O. The smallest absolute Gasteiger partial charge is 0.138 e. The minimum absolute atomic E-state index is 0.825. The van der Waals surface area contributed by atoms with E-state index in [4.69, 9.17) is 4.52 Å². The van der Waals surface area contributed by atoms with Gasteiger partial charge in [0, 0.05) is 18.7 Å². The van der Waals surface area contributed by atoms with E-state index in [2.05, 4.69) is 29.2 Å². The maximum absolute atomic E-state index is 5.22. The number of hydrogen-bond donors (Lipinski definition) is 1. The quantitative estimate of drug-likeness (QED) is 0.775. The summed E-state index contributed by atoms with van der Waals surface area (Å²) in [7, 11) is 1.94. The third kappa shape index (κ3) is 3.04. The van der Waals surface area contributed by atoms with Gasteiger partial charge in [-0.3, -0.25) is 4.90 Å². The molecule has 0 unspecified atom stereocenters. The van der Waals surface area contributed by atoms with Gasteiger partial charge >= 0.3 is 0 Å². The minimum atomic E-state index is 0.825. The van der Waals surface area contributed by atoms with Crippen LogP contribution in [0.3, 0.4) is 0 Å². The maximum Gasteiger partial charge on any atom is 0.138 e. The molecule has 0 radical (unpaired) electrons. The second kappa shape index (κ2) is 5.88. The van der Waals surface area contributed by atoms with Crippen LogP contribution in [0, 0.1) is 6.92 Å². The summed E-state index contributed by atoms with van der Waals surface area (Å²) < 4.78 is 5.22. The monoisotopic (exact) mass is 211 g/mol. The average Bonchev–Trinajstić information content (AvgIpc) is 2.58. The van der Waals surface area contributed by atoms with Crippen molar-refractivity contribution >= 4 is 0 Å². The second-order valence-corrected chi connectivity index (χ2v) is 3.66. The Balaban J connectivity index is 2.75. The normalized spacial score (nSPS) is 11.3. The summed E-state index contributed by atoms with van der Waals surface area (Å²) in [6.45, 7) is 10.1. The van der Waals surface area contributed by atoms with Crippen molar-refractivity contribution in [1.82, 2.24) is 15.4 Å². The van der Waals surface area contributed by atoms with Crippen LogP contribution >= 0.6 is 0 Å². The van der Waals surface area contributed by atoms with Crippen LogP contribution in [-0.2, 0) is 13.1 Å². The number of hydrogen-bond acceptors (Lipinski definition) is 4. The molecule has 1 rings (SSSR count). The Morgan fingerprint density at radius 3 is 2.53 bits per heavy atom. The Hall–Kier alpha value is -0.870. The standard InChI is InChI=1S/C11H21N3O/c1-5-14(6-2)8-11-10(7-12-4)9(3)15-13-11/h12H,5-8H2,1-4H3. The van der Waals surface area contributed by atoms with Gasteiger partial charge in [-0.05, 0) is 27.1 Å². The van der Waals surface area contributed by atoms with Crippen LogP contribution in [0.15, 0.2) is 4.52 Å². The van der Waals surface area contributed by atoms with Gasteiger partial charge in [0.1, 0.15) is 11.5 Å². The van der Waals surface area contributed by atoms with Crippen molar-refractivity contribution in [2.45, 2.75) is 33.9 Å². The van der Waals surface area contributed by atoms with E-state index in [-0.39, 0.29) is 0 Å². The van der Waals surface area contributed by atoms with Crippen LogP contribution in [0.1, 0.15) is 30.9 Å². The fraction of sp³-hybridized carbons (Fsp3) is 0.727. The SMILES string of the molecule is CCN(CC)Cc1noc(C)c1CNC. The molecule has 0 saturated carbocycles. The van der Waals surface area contributed by atoms with Gasteiger partial charge in [-0.15, -0.1) is 0 Å². The Kier molecular flexibility index (Phi) is 4.78. The lowest BCUT2D eigenvalue weighted by atomic mass is 10.2. The molecule has 4 nitrogen and oxygen atoms in total. The summed E-state index contributed by atoms with van der Waals surface area (Å²) in [5, 5.41) is 7.26. The molecule has 86 valence electrons. The van der Waals surface area contributed by atoms with E-state index < -0.39 is 0 Å². The molecule has 0 spiro atoms. The molecule has 1 N–H and O–H groups in total. The molecule has 0 bridgehead atoms. The Morgan fingerprint density at radius 2 is 2.00 bits per heavy atom. The first-order valence-electron chi connectivity index (χ1n) is 5.53. The summed E-state index contributed by atoms with van der Waals surface area (Å²) in [6, 6.07) is 0. The maximum atomic E-state index is 5.22. The lowest BCUT2D eigenvalue weighted by Crippen LogP contribution is -2.23. The van der Waals surface area contributed by atoms with Gasteiger partial charge in [0.15, 0.2) is 0 Å². The zero-order valence-corrected chi connectivity index (χ0v) is 10.1. The van der Waals surface area contributed by atoms with E-state index >= 15 is 0 Å². The van der Waals surface area contributed by atoms with Crippen molar-refractivity contribution in [2.75, 3.05) is 20.1 Å². The number of aryl methyl sites for hydroxylation is 1. The van der Waals surface area contributed by atoms with Crippen molar-refractivity contribution in [3.05, 3.63) is 17.0 Å². The summed E-state index contributed by atoms with van der Waals surface area (Å²) >= 11 is 0. The first-order valence-corrected chi connectivity index (χ1v) is 5.53. The molecule has 0 amide bonds. The Morgan fingerprint density at radius 1 is 1.33 bits per heavy atom. The summed E-state index contributed by atoms with van der Waals surface area (Å²) in [5.74, 6) is 0.923. The van der Waals surface area contributed by atoms with Crippen molar-refractivity contribution in [3.63, 3.8) is 0 Å². The predicted octanol–water partition coefficient (Wildman–Crippen LogP) is 1.54. The van der Waals surface area contributed by atoms with E-state index in [1.54, 1.807) is 0 Å². The van der Waals surface area contributed by atoms with E-state index in [0.29, 0.717) is 0 Å². The van der Waals surface area contributed by atoms with Gasteiger partial charge in [0.25, 0.3) is 0 Å². The third-order valence-corrected chi connectivity index (χ3v) is 2.69. The van der Waals surface area contributed by atoms with Crippen molar-refractivity contribution in [1.29, 1.82) is 0 Å². The second-order valence-electron chi connectivity index (χ2n) is 3.66. The van der Waals surface area contributed by atoms with Gasteiger partial charge in [-0.2, -0.15) is 0 Å². The molecule has 0 saturated heterocycles. The summed E-state index contributed by atoms with van der Waals surface area (Å²) in [5.41, 5.74) is 2.26. The molecule has 0 aliphatic rings. The fourth-order valence-corrected chi connectivity index (χ4v) is 1.62. The van der Waals surface area contributed by atoms with E-state index in [9.17, 15) is 0 Å². The highest BCUT2D eigenvalue weighted by Crippen LogP contribution is 2.14. The van der Waals surface area contributed by atoms with Crippen LogP contribution < -0.4 is 5.32 Å². The molecule has 0 aliphatic carbocycles. The molecule has 0 aromatic carbocycles. The first-order chi connectivity index (χ1) is 7.22. The highest BCUT2D eigenvalue weighted by atomic mass is 16.5. The van der Waals surface area contributed by atoms with Crippen LogP contribution in [0.4, 0.5) is 0 Å². The van der Waals surface area contributed by atoms with Crippen LogP contribution in [0.25, 0.3) is 0 Å². The van der Waals surface area contributed by atoms with E-state index in [1.165, 1.54) is 5.56 Å². The lowest BCUT2D eigenvalue weighted by Gasteiger charge is -2.16. The van der Waals surface area contributed by atoms with E-state index in [0.717, 1.165) is 37.6 Å². The number of nitrogens with zero attached hydrogens (tertiary/aromatic N) is 2. The summed E-state index contributed by atoms with van der Waals surface area (Å²) in [4.78, 5) is 2.33. The zero-order chi connectivity index (χ0) is 11.3. The molecule has 0 aliphatic heterocycles. The van der Waals surface area contributed by atoms with Gasteiger partial charge in [-0.25, -0.2) is 0 Å². The highest BCUT2D eigenvalue weighted by molar-refractivity contribution is 5.21. The fourth-order valence-electron chi connectivity index (χ4n) is 1.62. The predicted molar refractivity (Wildman–Crippen MR) is 60.6 cm³/mol. The van der Waals surface area contributed by atoms with Crippen LogP contribution in [-0.4, -0.2) is 30.2 Å². The summed E-state index contributed by atoms with van der Waals surface area (Å²) in [6.07, 6.45) is 0. The van der Waals surface area contributed by atoms with Crippen LogP contribution in [0.5, 0.6) is 0 Å². The van der Waals surface area contributed by atoms with Gasteiger partial charge in [0.2, 0.25) is 0 Å². The Labute approximate surface area is 91.6 Å².